The quantitative estimate of drug-likeness (QED) is 0.586. The molecule has 0 aliphatic heterocycles. The van der Waals surface area contributed by atoms with Crippen LogP contribution in [0.15, 0.2) is 65.8 Å². The van der Waals surface area contributed by atoms with Gasteiger partial charge in [-0.15, -0.1) is 10.2 Å². The number of aryl methyl sites for hydroxylation is 1. The summed E-state index contributed by atoms with van der Waals surface area (Å²) in [5.74, 6) is 1.13. The van der Waals surface area contributed by atoms with Crippen molar-refractivity contribution < 1.29 is 4.79 Å². The van der Waals surface area contributed by atoms with E-state index in [1.807, 2.05) is 50.2 Å². The molecule has 0 aliphatic rings. The Morgan fingerprint density at radius 1 is 1.04 bits per heavy atom. The van der Waals surface area contributed by atoms with Crippen LogP contribution in [0.3, 0.4) is 0 Å². The van der Waals surface area contributed by atoms with E-state index in [0.717, 1.165) is 11.0 Å². The number of rotatable bonds is 8. The van der Waals surface area contributed by atoms with Gasteiger partial charge in [-0.1, -0.05) is 79.3 Å². The van der Waals surface area contributed by atoms with E-state index < -0.39 is 0 Å². The van der Waals surface area contributed by atoms with Crippen LogP contribution in [0, 0.1) is 6.92 Å². The van der Waals surface area contributed by atoms with Crippen molar-refractivity contribution in [1.29, 1.82) is 0 Å². The molecule has 3 aromatic rings. The average Bonchev–Trinajstić information content (AvgIpc) is 3.06. The lowest BCUT2D eigenvalue weighted by atomic mass is 10.0. The maximum atomic E-state index is 12.6. The lowest BCUT2D eigenvalue weighted by molar-refractivity contribution is -0.120. The Labute approximate surface area is 170 Å². The molecule has 0 saturated carbocycles. The molecule has 0 aliphatic carbocycles. The number of aromatic nitrogens is 3. The number of benzene rings is 2. The summed E-state index contributed by atoms with van der Waals surface area (Å²) in [5.41, 5.74) is 2.40. The molecule has 1 amide bonds. The Balaban J connectivity index is 1.58. The van der Waals surface area contributed by atoms with Crippen LogP contribution < -0.4 is 5.32 Å². The first-order chi connectivity index (χ1) is 13.5. The highest BCUT2D eigenvalue weighted by Gasteiger charge is 2.20. The molecule has 0 bridgehead atoms. The highest BCUT2D eigenvalue weighted by molar-refractivity contribution is 8.00. The largest absolute Gasteiger partial charge is 0.355 e. The summed E-state index contributed by atoms with van der Waals surface area (Å²) < 4.78 is 2.05. The fourth-order valence-electron chi connectivity index (χ4n) is 2.91. The maximum Gasteiger partial charge on any atom is 0.233 e. The van der Waals surface area contributed by atoms with Gasteiger partial charge >= 0.3 is 0 Å². The lowest BCUT2D eigenvalue weighted by Gasteiger charge is -2.16. The van der Waals surface area contributed by atoms with Crippen LogP contribution >= 0.6 is 11.8 Å². The molecular formula is C22H26N4OS. The first-order valence-corrected chi connectivity index (χ1v) is 10.4. The molecule has 28 heavy (non-hydrogen) atoms. The normalized spacial score (nSPS) is 13.1. The van der Waals surface area contributed by atoms with Gasteiger partial charge in [0.2, 0.25) is 5.91 Å². The number of amides is 1. The highest BCUT2D eigenvalue weighted by Crippen LogP contribution is 2.23. The van der Waals surface area contributed by atoms with Crippen molar-refractivity contribution in [2.24, 2.45) is 0 Å². The highest BCUT2D eigenvalue weighted by atomic mass is 32.2. The van der Waals surface area contributed by atoms with Gasteiger partial charge in [0, 0.05) is 6.54 Å². The van der Waals surface area contributed by atoms with Crippen LogP contribution in [0.1, 0.15) is 36.7 Å². The summed E-state index contributed by atoms with van der Waals surface area (Å²) in [4.78, 5) is 12.6. The van der Waals surface area contributed by atoms with Crippen LogP contribution in [-0.2, 0) is 11.3 Å². The van der Waals surface area contributed by atoms with E-state index in [1.54, 1.807) is 0 Å². The third-order valence-corrected chi connectivity index (χ3v) is 5.77. The van der Waals surface area contributed by atoms with Crippen LogP contribution in [-0.4, -0.2) is 32.5 Å². The zero-order chi connectivity index (χ0) is 19.9. The number of hydrogen-bond donors (Lipinski definition) is 1. The van der Waals surface area contributed by atoms with Crippen molar-refractivity contribution in [3.63, 3.8) is 0 Å². The SMILES string of the molecule is Cc1nnc(SC(C)C(=O)NCC(C)c2ccccc2)n1Cc1ccccc1. The Kier molecular flexibility index (Phi) is 6.87. The molecule has 0 fully saturated rings. The minimum atomic E-state index is -0.249. The fourth-order valence-corrected chi connectivity index (χ4v) is 3.82. The molecule has 3 rings (SSSR count). The van der Waals surface area contributed by atoms with Gasteiger partial charge in [0.05, 0.1) is 11.8 Å². The van der Waals surface area contributed by atoms with E-state index in [9.17, 15) is 4.79 Å². The molecule has 0 saturated heterocycles. The number of carbonyl (C=O) groups excluding carboxylic acids is 1. The Hall–Kier alpha value is -2.60. The summed E-state index contributed by atoms with van der Waals surface area (Å²) >= 11 is 1.44. The minimum absolute atomic E-state index is 0.0136. The summed E-state index contributed by atoms with van der Waals surface area (Å²) in [6.45, 7) is 7.27. The van der Waals surface area contributed by atoms with Gasteiger partial charge in [-0.2, -0.15) is 0 Å². The van der Waals surface area contributed by atoms with Crippen LogP contribution in [0.4, 0.5) is 0 Å². The number of thioether (sulfide) groups is 1. The molecule has 2 aromatic carbocycles. The van der Waals surface area contributed by atoms with Crippen molar-refractivity contribution in [2.75, 3.05) is 6.54 Å². The lowest BCUT2D eigenvalue weighted by Crippen LogP contribution is -2.33. The van der Waals surface area contributed by atoms with E-state index in [0.29, 0.717) is 13.1 Å². The molecular weight excluding hydrogens is 368 g/mol. The second-order valence-electron chi connectivity index (χ2n) is 6.92. The Bertz CT molecular complexity index is 895. The van der Waals surface area contributed by atoms with Gasteiger partial charge in [0.1, 0.15) is 5.82 Å². The van der Waals surface area contributed by atoms with Gasteiger partial charge in [0.15, 0.2) is 5.16 Å². The van der Waals surface area contributed by atoms with Gasteiger partial charge in [-0.3, -0.25) is 4.79 Å². The molecule has 1 aromatic heterocycles. The Morgan fingerprint density at radius 3 is 2.36 bits per heavy atom. The van der Waals surface area contributed by atoms with Crippen molar-refractivity contribution in [1.82, 2.24) is 20.1 Å². The first kappa shape index (κ1) is 20.1. The van der Waals surface area contributed by atoms with Crippen molar-refractivity contribution in [2.45, 2.75) is 43.6 Å². The van der Waals surface area contributed by atoms with E-state index in [-0.39, 0.29) is 17.1 Å². The van der Waals surface area contributed by atoms with Gasteiger partial charge in [-0.05, 0) is 30.9 Å². The summed E-state index contributed by atoms with van der Waals surface area (Å²) in [6.07, 6.45) is 0. The zero-order valence-electron chi connectivity index (χ0n) is 16.5. The van der Waals surface area contributed by atoms with Crippen molar-refractivity contribution in [3.05, 3.63) is 77.6 Å². The standard InChI is InChI=1S/C22H26N4OS/c1-16(20-12-8-5-9-13-20)14-23-21(27)17(2)28-22-25-24-18(3)26(22)15-19-10-6-4-7-11-19/h4-13,16-17H,14-15H2,1-3H3,(H,23,27). The molecule has 2 unspecified atom stereocenters. The number of nitrogens with zero attached hydrogens (tertiary/aromatic N) is 3. The van der Waals surface area contributed by atoms with E-state index in [1.165, 1.54) is 22.9 Å². The molecule has 0 spiro atoms. The Morgan fingerprint density at radius 2 is 1.68 bits per heavy atom. The maximum absolute atomic E-state index is 12.6. The number of nitrogens with one attached hydrogen (secondary N) is 1. The van der Waals surface area contributed by atoms with Gasteiger partial charge in [-0.25, -0.2) is 0 Å². The molecule has 6 heteroatoms. The molecule has 5 nitrogen and oxygen atoms in total. The van der Waals surface area contributed by atoms with E-state index >= 15 is 0 Å². The molecule has 0 radical (unpaired) electrons. The predicted molar refractivity (Wildman–Crippen MR) is 113 cm³/mol. The van der Waals surface area contributed by atoms with Gasteiger partial charge < -0.3 is 9.88 Å². The third kappa shape index (κ3) is 5.23. The average molecular weight is 395 g/mol. The summed E-state index contributed by atoms with van der Waals surface area (Å²) in [6, 6.07) is 20.4. The zero-order valence-corrected chi connectivity index (χ0v) is 17.3. The van der Waals surface area contributed by atoms with Crippen LogP contribution in [0.5, 0.6) is 0 Å². The van der Waals surface area contributed by atoms with Crippen LogP contribution in [0.25, 0.3) is 0 Å². The first-order valence-electron chi connectivity index (χ1n) is 9.47. The third-order valence-electron chi connectivity index (χ3n) is 4.69. The molecule has 146 valence electrons. The minimum Gasteiger partial charge on any atom is -0.355 e. The molecule has 1 N–H and O–H groups in total. The number of carbonyl (C=O) groups is 1. The second-order valence-corrected chi connectivity index (χ2v) is 8.23. The molecule has 1 heterocycles. The van der Waals surface area contributed by atoms with E-state index in [2.05, 4.69) is 51.3 Å². The fraction of sp³-hybridized carbons (Fsp3) is 0.318. The topological polar surface area (TPSA) is 59.8 Å². The van der Waals surface area contributed by atoms with E-state index in [4.69, 9.17) is 0 Å². The van der Waals surface area contributed by atoms with Crippen LogP contribution in [0.2, 0.25) is 0 Å². The predicted octanol–water partition coefficient (Wildman–Crippen LogP) is 4.04. The van der Waals surface area contributed by atoms with Crippen molar-refractivity contribution >= 4 is 17.7 Å². The second kappa shape index (κ2) is 9.55. The summed E-state index contributed by atoms with van der Waals surface area (Å²) in [7, 11) is 0. The molecule has 2 atom stereocenters. The monoisotopic (exact) mass is 394 g/mol. The van der Waals surface area contributed by atoms with Crippen molar-refractivity contribution in [3.8, 4) is 0 Å². The van der Waals surface area contributed by atoms with Gasteiger partial charge in [0.25, 0.3) is 0 Å². The smallest absolute Gasteiger partial charge is 0.233 e. The summed E-state index contributed by atoms with van der Waals surface area (Å²) in [5, 5.41) is 12.0. The number of hydrogen-bond acceptors (Lipinski definition) is 4.